The van der Waals surface area contributed by atoms with Gasteiger partial charge in [0, 0.05) is 6.54 Å². The molecule has 4 unspecified atom stereocenters. The first kappa shape index (κ1) is 21.3. The molecule has 0 aliphatic carbocycles. The van der Waals surface area contributed by atoms with Crippen molar-refractivity contribution in [2.24, 2.45) is 0 Å². The molecule has 1 aromatic carbocycles. The Hall–Kier alpha value is -3.59. The number of carbonyl (C=O) groups is 1. The summed E-state index contributed by atoms with van der Waals surface area (Å²) < 4.78 is 19.0. The van der Waals surface area contributed by atoms with Crippen molar-refractivity contribution in [1.82, 2.24) is 19.6 Å². The molecule has 0 saturated carbocycles. The number of carboxylic acid groups (broad SMARTS) is 1. The standard InChI is InChI=1S/C22H22N6O5/c1-12-5-4-6-13(7-12)8-24-18-19-25-9-14(28(19)27-11-26-18)22(10-23)17-15(16(32-22)20(29)30)31-21(2,3)33-17/h4-7,9,11,15-17H,8H2,1-3H3,(H,29,30)(H,24,26,27). The van der Waals surface area contributed by atoms with Crippen LogP contribution < -0.4 is 5.32 Å². The number of nitrogens with zero attached hydrogens (tertiary/aromatic N) is 5. The third kappa shape index (κ3) is 3.39. The fourth-order valence-electron chi connectivity index (χ4n) is 4.41. The molecular weight excluding hydrogens is 428 g/mol. The molecule has 0 bridgehead atoms. The first-order valence-corrected chi connectivity index (χ1v) is 10.4. The van der Waals surface area contributed by atoms with Gasteiger partial charge in [-0.15, -0.1) is 0 Å². The summed E-state index contributed by atoms with van der Waals surface area (Å²) in [5.74, 6) is -1.86. The van der Waals surface area contributed by atoms with E-state index in [9.17, 15) is 15.2 Å². The number of aliphatic carboxylic acids is 1. The zero-order valence-electron chi connectivity index (χ0n) is 18.2. The second-order valence-electron chi connectivity index (χ2n) is 8.57. The lowest BCUT2D eigenvalue weighted by atomic mass is 9.93. The van der Waals surface area contributed by atoms with Crippen molar-refractivity contribution in [3.05, 3.63) is 53.6 Å². The van der Waals surface area contributed by atoms with Crippen molar-refractivity contribution in [3.63, 3.8) is 0 Å². The second-order valence-corrected chi connectivity index (χ2v) is 8.57. The molecule has 0 amide bonds. The Morgan fingerprint density at radius 1 is 1.30 bits per heavy atom. The number of hydrogen-bond acceptors (Lipinski definition) is 9. The Kier molecular flexibility index (Phi) is 4.82. The first-order valence-electron chi connectivity index (χ1n) is 10.4. The smallest absolute Gasteiger partial charge is 0.335 e. The maximum atomic E-state index is 11.9. The van der Waals surface area contributed by atoms with E-state index >= 15 is 0 Å². The van der Waals surface area contributed by atoms with Crippen LogP contribution in [-0.4, -0.2) is 54.8 Å². The van der Waals surface area contributed by atoms with Gasteiger partial charge in [-0.2, -0.15) is 10.4 Å². The molecule has 33 heavy (non-hydrogen) atoms. The number of nitriles is 1. The normalized spacial score (nSPS) is 27.9. The molecule has 4 atom stereocenters. The van der Waals surface area contributed by atoms with Gasteiger partial charge < -0.3 is 24.6 Å². The average molecular weight is 450 g/mol. The third-order valence-corrected chi connectivity index (χ3v) is 5.78. The molecular formula is C22H22N6O5. The highest BCUT2D eigenvalue weighted by Crippen LogP contribution is 2.49. The van der Waals surface area contributed by atoms with Crippen LogP contribution in [0.15, 0.2) is 36.8 Å². The summed E-state index contributed by atoms with van der Waals surface area (Å²) >= 11 is 0. The van der Waals surface area contributed by atoms with E-state index in [1.165, 1.54) is 17.0 Å². The van der Waals surface area contributed by atoms with Crippen LogP contribution in [0.25, 0.3) is 5.65 Å². The van der Waals surface area contributed by atoms with Crippen molar-refractivity contribution >= 4 is 17.4 Å². The third-order valence-electron chi connectivity index (χ3n) is 5.78. The van der Waals surface area contributed by atoms with Gasteiger partial charge >= 0.3 is 5.97 Å². The average Bonchev–Trinajstić information content (AvgIpc) is 3.42. The zero-order chi connectivity index (χ0) is 23.4. The Morgan fingerprint density at radius 3 is 2.85 bits per heavy atom. The molecule has 3 aromatic rings. The molecule has 11 heteroatoms. The van der Waals surface area contributed by atoms with Crippen molar-refractivity contribution in [2.45, 2.75) is 57.0 Å². The summed E-state index contributed by atoms with van der Waals surface area (Å²) in [5, 5.41) is 27.4. The van der Waals surface area contributed by atoms with Crippen LogP contribution in [0.1, 0.15) is 30.7 Å². The molecule has 2 aliphatic rings. The van der Waals surface area contributed by atoms with Crippen LogP contribution >= 0.6 is 0 Å². The maximum absolute atomic E-state index is 11.9. The number of imidazole rings is 1. The van der Waals surface area contributed by atoms with Crippen LogP contribution in [0.2, 0.25) is 0 Å². The molecule has 2 fully saturated rings. The lowest BCUT2D eigenvalue weighted by molar-refractivity contribution is -0.206. The quantitative estimate of drug-likeness (QED) is 0.590. The number of rotatable bonds is 5. The molecule has 2 aliphatic heterocycles. The highest BCUT2D eigenvalue weighted by molar-refractivity contribution is 5.74. The summed E-state index contributed by atoms with van der Waals surface area (Å²) in [6.07, 6.45) is -0.580. The van der Waals surface area contributed by atoms with E-state index in [1.807, 2.05) is 25.1 Å². The lowest BCUT2D eigenvalue weighted by Crippen LogP contribution is -2.40. The summed E-state index contributed by atoms with van der Waals surface area (Å²) in [4.78, 5) is 20.6. The summed E-state index contributed by atoms with van der Waals surface area (Å²) in [7, 11) is 0. The van der Waals surface area contributed by atoms with Gasteiger partial charge in [-0.25, -0.2) is 19.3 Å². The van der Waals surface area contributed by atoms with Crippen molar-refractivity contribution < 1.29 is 24.1 Å². The molecule has 11 nitrogen and oxygen atoms in total. The summed E-state index contributed by atoms with van der Waals surface area (Å²) in [5.41, 5.74) is 1.03. The Bertz CT molecular complexity index is 1280. The van der Waals surface area contributed by atoms with Gasteiger partial charge in [0.15, 0.2) is 23.4 Å². The molecule has 2 aromatic heterocycles. The molecule has 2 N–H and O–H groups in total. The Labute approximate surface area is 188 Å². The van der Waals surface area contributed by atoms with Crippen LogP contribution in [0.5, 0.6) is 0 Å². The molecule has 0 spiro atoms. The van der Waals surface area contributed by atoms with Crippen molar-refractivity contribution in [1.29, 1.82) is 5.26 Å². The van der Waals surface area contributed by atoms with Gasteiger partial charge in [0.05, 0.1) is 6.20 Å². The second kappa shape index (κ2) is 7.48. The largest absolute Gasteiger partial charge is 0.479 e. The molecule has 2 saturated heterocycles. The van der Waals surface area contributed by atoms with Gasteiger partial charge in [0.25, 0.3) is 0 Å². The van der Waals surface area contributed by atoms with E-state index in [4.69, 9.17) is 14.2 Å². The van der Waals surface area contributed by atoms with Crippen molar-refractivity contribution in [3.8, 4) is 6.07 Å². The first-order chi connectivity index (χ1) is 15.7. The van der Waals surface area contributed by atoms with E-state index in [-0.39, 0.29) is 5.69 Å². The van der Waals surface area contributed by atoms with Gasteiger partial charge in [0.2, 0.25) is 5.60 Å². The maximum Gasteiger partial charge on any atom is 0.335 e. The fourth-order valence-corrected chi connectivity index (χ4v) is 4.41. The molecule has 4 heterocycles. The number of carboxylic acids is 1. The molecule has 0 radical (unpaired) electrons. The lowest BCUT2D eigenvalue weighted by Gasteiger charge is -2.27. The topological polar surface area (TPSA) is 144 Å². The molecule has 170 valence electrons. The minimum absolute atomic E-state index is 0.237. The highest BCUT2D eigenvalue weighted by Gasteiger charge is 2.67. The van der Waals surface area contributed by atoms with E-state index in [0.29, 0.717) is 18.0 Å². The van der Waals surface area contributed by atoms with E-state index < -0.39 is 35.7 Å². The van der Waals surface area contributed by atoms with Crippen LogP contribution in [-0.2, 0) is 31.2 Å². The van der Waals surface area contributed by atoms with Gasteiger partial charge in [-0.1, -0.05) is 29.8 Å². The molecule has 5 rings (SSSR count). The monoisotopic (exact) mass is 450 g/mol. The number of ether oxygens (including phenoxy) is 3. The zero-order valence-corrected chi connectivity index (χ0v) is 18.2. The van der Waals surface area contributed by atoms with E-state index in [0.717, 1.165) is 11.1 Å². The summed E-state index contributed by atoms with van der Waals surface area (Å²) in [6, 6.07) is 10.2. The fraction of sp³-hybridized carbons (Fsp3) is 0.409. The predicted molar refractivity (Wildman–Crippen MR) is 113 cm³/mol. The van der Waals surface area contributed by atoms with Gasteiger partial charge in [0.1, 0.15) is 30.3 Å². The van der Waals surface area contributed by atoms with Gasteiger partial charge in [-0.05, 0) is 26.3 Å². The predicted octanol–water partition coefficient (Wildman–Crippen LogP) is 1.77. The Balaban J connectivity index is 1.54. The van der Waals surface area contributed by atoms with Gasteiger partial charge in [-0.3, -0.25) is 0 Å². The summed E-state index contributed by atoms with van der Waals surface area (Å²) in [6.45, 7) is 5.85. The number of anilines is 1. The number of hydrogen-bond donors (Lipinski definition) is 2. The number of aryl methyl sites for hydroxylation is 1. The SMILES string of the molecule is Cc1cccc(CNc2ncnn3c(C4(C#N)OC(C(=O)O)C5OC(C)(C)OC54)cnc23)c1. The minimum Gasteiger partial charge on any atom is -0.479 e. The minimum atomic E-state index is -1.79. The Morgan fingerprint density at radius 2 is 2.12 bits per heavy atom. The van der Waals surface area contributed by atoms with Crippen molar-refractivity contribution in [2.75, 3.05) is 5.32 Å². The van der Waals surface area contributed by atoms with Crippen LogP contribution in [0, 0.1) is 18.3 Å². The highest BCUT2D eigenvalue weighted by atomic mass is 16.8. The van der Waals surface area contributed by atoms with Crippen LogP contribution in [0.3, 0.4) is 0 Å². The number of nitrogens with one attached hydrogen (secondary N) is 1. The number of aromatic nitrogens is 4. The number of fused-ring (bicyclic) bond motifs is 2. The van der Waals surface area contributed by atoms with E-state index in [2.05, 4.69) is 32.5 Å². The van der Waals surface area contributed by atoms with E-state index in [1.54, 1.807) is 13.8 Å². The number of benzene rings is 1. The van der Waals surface area contributed by atoms with Crippen LogP contribution in [0.4, 0.5) is 5.82 Å².